The number of rotatable bonds is 4. The standard InChI is InChI=1S/C21H27Cl2N3O3/c22-18-2-1-16(13-19(18)23)26-8-5-17(21(26)28)20(27)25-6-3-15(4-7-25)14-24-9-11-29-12-10-24/h1-2,13,15,17H,3-12,14H2. The average Bonchev–Trinajstić information content (AvgIpc) is 3.12. The third-order valence-electron chi connectivity index (χ3n) is 6.26. The van der Waals surface area contributed by atoms with E-state index in [1.165, 1.54) is 0 Å². The number of amides is 2. The third-order valence-corrected chi connectivity index (χ3v) is 7.00. The zero-order valence-electron chi connectivity index (χ0n) is 16.5. The van der Waals surface area contributed by atoms with Gasteiger partial charge in [-0.15, -0.1) is 0 Å². The van der Waals surface area contributed by atoms with Gasteiger partial charge in [0.25, 0.3) is 0 Å². The molecule has 1 aromatic carbocycles. The predicted molar refractivity (Wildman–Crippen MR) is 113 cm³/mol. The minimum Gasteiger partial charge on any atom is -0.379 e. The first kappa shape index (κ1) is 20.9. The number of ether oxygens (including phenoxy) is 1. The van der Waals surface area contributed by atoms with Crippen LogP contribution >= 0.6 is 23.2 Å². The number of nitrogens with zero attached hydrogens (tertiary/aromatic N) is 3. The highest BCUT2D eigenvalue weighted by Crippen LogP contribution is 2.32. The lowest BCUT2D eigenvalue weighted by Crippen LogP contribution is -2.46. The summed E-state index contributed by atoms with van der Waals surface area (Å²) in [7, 11) is 0. The van der Waals surface area contributed by atoms with E-state index >= 15 is 0 Å². The molecule has 3 aliphatic heterocycles. The highest BCUT2D eigenvalue weighted by Gasteiger charge is 2.40. The molecule has 0 spiro atoms. The van der Waals surface area contributed by atoms with E-state index in [2.05, 4.69) is 4.90 Å². The van der Waals surface area contributed by atoms with Crippen LogP contribution in [0.15, 0.2) is 18.2 Å². The summed E-state index contributed by atoms with van der Waals surface area (Å²) in [5, 5.41) is 0.865. The van der Waals surface area contributed by atoms with Crippen LogP contribution in [0.3, 0.4) is 0 Å². The number of halogens is 2. The maximum Gasteiger partial charge on any atom is 0.239 e. The summed E-state index contributed by atoms with van der Waals surface area (Å²) < 4.78 is 5.41. The van der Waals surface area contributed by atoms with Crippen LogP contribution in [0.25, 0.3) is 0 Å². The van der Waals surface area contributed by atoms with Crippen molar-refractivity contribution in [1.82, 2.24) is 9.80 Å². The van der Waals surface area contributed by atoms with Crippen LogP contribution in [0.1, 0.15) is 19.3 Å². The summed E-state index contributed by atoms with van der Waals surface area (Å²) in [4.78, 5) is 31.9. The van der Waals surface area contributed by atoms with Crippen molar-refractivity contribution in [2.75, 3.05) is 57.4 Å². The molecule has 1 unspecified atom stereocenters. The fourth-order valence-electron chi connectivity index (χ4n) is 4.52. The molecule has 0 N–H and O–H groups in total. The number of piperidine rings is 1. The van der Waals surface area contributed by atoms with Gasteiger partial charge in [-0.25, -0.2) is 0 Å². The van der Waals surface area contributed by atoms with E-state index in [1.807, 2.05) is 4.90 Å². The van der Waals surface area contributed by atoms with E-state index in [9.17, 15) is 9.59 Å². The topological polar surface area (TPSA) is 53.1 Å². The number of hydrogen-bond donors (Lipinski definition) is 0. The molecule has 3 heterocycles. The normalized spacial score (nSPS) is 24.3. The molecule has 0 aromatic heterocycles. The SMILES string of the molecule is O=C(C1CCN(c2ccc(Cl)c(Cl)c2)C1=O)N1CCC(CN2CCOCC2)CC1. The molecule has 0 bridgehead atoms. The van der Waals surface area contributed by atoms with Crippen molar-refractivity contribution in [3.63, 3.8) is 0 Å². The molecule has 0 saturated carbocycles. The number of anilines is 1. The van der Waals surface area contributed by atoms with Crippen molar-refractivity contribution < 1.29 is 14.3 Å². The zero-order chi connectivity index (χ0) is 20.4. The quantitative estimate of drug-likeness (QED) is 0.676. The summed E-state index contributed by atoms with van der Waals surface area (Å²) >= 11 is 12.1. The predicted octanol–water partition coefficient (Wildman–Crippen LogP) is 2.92. The number of likely N-dealkylation sites (tertiary alicyclic amines) is 1. The van der Waals surface area contributed by atoms with Gasteiger partial charge in [0.05, 0.1) is 23.3 Å². The first-order valence-corrected chi connectivity index (χ1v) is 11.1. The second-order valence-corrected chi connectivity index (χ2v) is 8.93. The zero-order valence-corrected chi connectivity index (χ0v) is 18.0. The highest BCUT2D eigenvalue weighted by atomic mass is 35.5. The van der Waals surface area contributed by atoms with Crippen molar-refractivity contribution in [3.05, 3.63) is 28.2 Å². The van der Waals surface area contributed by atoms with Crippen LogP contribution in [-0.2, 0) is 14.3 Å². The molecule has 8 heteroatoms. The van der Waals surface area contributed by atoms with Gasteiger partial charge < -0.3 is 14.5 Å². The molecule has 158 valence electrons. The Morgan fingerprint density at radius 3 is 2.41 bits per heavy atom. The first-order chi connectivity index (χ1) is 14.0. The maximum atomic E-state index is 13.0. The molecule has 29 heavy (non-hydrogen) atoms. The van der Waals surface area contributed by atoms with Crippen LogP contribution in [0.2, 0.25) is 10.0 Å². The van der Waals surface area contributed by atoms with Crippen molar-refractivity contribution >= 4 is 40.7 Å². The second-order valence-electron chi connectivity index (χ2n) is 8.11. The second kappa shape index (κ2) is 9.21. The summed E-state index contributed by atoms with van der Waals surface area (Å²) in [6.07, 6.45) is 2.55. The highest BCUT2D eigenvalue weighted by molar-refractivity contribution is 6.42. The lowest BCUT2D eigenvalue weighted by molar-refractivity contribution is -0.141. The van der Waals surface area contributed by atoms with E-state index in [4.69, 9.17) is 27.9 Å². The van der Waals surface area contributed by atoms with E-state index in [0.29, 0.717) is 34.6 Å². The third kappa shape index (κ3) is 4.71. The Bertz CT molecular complexity index is 762. The Hall–Kier alpha value is -1.34. The van der Waals surface area contributed by atoms with Crippen molar-refractivity contribution in [1.29, 1.82) is 0 Å². The van der Waals surface area contributed by atoms with Crippen LogP contribution in [0.4, 0.5) is 5.69 Å². The van der Waals surface area contributed by atoms with E-state index < -0.39 is 5.92 Å². The largest absolute Gasteiger partial charge is 0.379 e. The van der Waals surface area contributed by atoms with Crippen molar-refractivity contribution in [2.45, 2.75) is 19.3 Å². The van der Waals surface area contributed by atoms with Gasteiger partial charge in [-0.1, -0.05) is 23.2 Å². The Labute approximate surface area is 181 Å². The fraction of sp³-hybridized carbons (Fsp3) is 0.619. The van der Waals surface area contributed by atoms with Crippen LogP contribution < -0.4 is 4.90 Å². The van der Waals surface area contributed by atoms with Crippen molar-refractivity contribution in [2.24, 2.45) is 11.8 Å². The lowest BCUT2D eigenvalue weighted by Gasteiger charge is -2.36. The number of morpholine rings is 1. The van der Waals surface area contributed by atoms with E-state index in [0.717, 1.165) is 58.8 Å². The summed E-state index contributed by atoms with van der Waals surface area (Å²) in [6, 6.07) is 5.14. The molecule has 3 aliphatic rings. The van der Waals surface area contributed by atoms with Gasteiger partial charge in [-0.2, -0.15) is 0 Å². The molecular weight excluding hydrogens is 413 g/mol. The Morgan fingerprint density at radius 1 is 1.00 bits per heavy atom. The molecule has 1 atom stereocenters. The van der Waals surface area contributed by atoms with Gasteiger partial charge in [0.2, 0.25) is 11.8 Å². The molecule has 6 nitrogen and oxygen atoms in total. The molecule has 1 aromatic rings. The molecule has 2 amide bonds. The first-order valence-electron chi connectivity index (χ1n) is 10.4. The smallest absolute Gasteiger partial charge is 0.239 e. The monoisotopic (exact) mass is 439 g/mol. The average molecular weight is 440 g/mol. The number of carbonyl (C=O) groups excluding carboxylic acids is 2. The minimum absolute atomic E-state index is 0.0256. The molecule has 0 radical (unpaired) electrons. The fourth-order valence-corrected chi connectivity index (χ4v) is 4.82. The van der Waals surface area contributed by atoms with Gasteiger partial charge in [0.15, 0.2) is 0 Å². The molecule has 4 rings (SSSR count). The van der Waals surface area contributed by atoms with Crippen LogP contribution in [0.5, 0.6) is 0 Å². The van der Waals surface area contributed by atoms with Gasteiger partial charge >= 0.3 is 0 Å². The van der Waals surface area contributed by atoms with Crippen molar-refractivity contribution in [3.8, 4) is 0 Å². The lowest BCUT2D eigenvalue weighted by atomic mass is 9.94. The van der Waals surface area contributed by atoms with Gasteiger partial charge in [-0.05, 0) is 43.4 Å². The van der Waals surface area contributed by atoms with E-state index in [-0.39, 0.29) is 11.8 Å². The number of hydrogen-bond acceptors (Lipinski definition) is 4. The van der Waals surface area contributed by atoms with Gasteiger partial charge in [0.1, 0.15) is 5.92 Å². The van der Waals surface area contributed by atoms with Gasteiger partial charge in [-0.3, -0.25) is 14.5 Å². The van der Waals surface area contributed by atoms with Crippen LogP contribution in [0, 0.1) is 11.8 Å². The molecule has 0 aliphatic carbocycles. The Morgan fingerprint density at radius 2 is 1.72 bits per heavy atom. The summed E-state index contributed by atoms with van der Waals surface area (Å²) in [6.45, 7) is 6.72. The summed E-state index contributed by atoms with van der Waals surface area (Å²) in [5.41, 5.74) is 0.698. The minimum atomic E-state index is -0.583. The number of carbonyl (C=O) groups is 2. The molecule has 3 fully saturated rings. The van der Waals surface area contributed by atoms with Gasteiger partial charge in [0, 0.05) is 45.0 Å². The maximum absolute atomic E-state index is 13.0. The summed E-state index contributed by atoms with van der Waals surface area (Å²) in [5.74, 6) is -0.129. The number of benzene rings is 1. The molecule has 3 saturated heterocycles. The van der Waals surface area contributed by atoms with E-state index in [1.54, 1.807) is 23.1 Å². The Balaban J connectivity index is 1.31. The van der Waals surface area contributed by atoms with Crippen LogP contribution in [-0.4, -0.2) is 74.1 Å². The Kier molecular flexibility index (Phi) is 6.64. The molecular formula is C21H27Cl2N3O3.